The molecule has 0 saturated carbocycles. The van der Waals surface area contributed by atoms with E-state index in [1.54, 1.807) is 13.2 Å². The molecule has 1 heterocycles. The van der Waals surface area contributed by atoms with Crippen molar-refractivity contribution in [1.82, 2.24) is 5.32 Å². The van der Waals surface area contributed by atoms with Crippen LogP contribution in [0.1, 0.15) is 18.5 Å². The Morgan fingerprint density at radius 3 is 2.59 bits per heavy atom. The lowest BCUT2D eigenvalue weighted by Crippen LogP contribution is -2.30. The van der Waals surface area contributed by atoms with Gasteiger partial charge in [-0.1, -0.05) is 41.9 Å². The molecule has 0 spiro atoms. The molecule has 148 valence electrons. The van der Waals surface area contributed by atoms with Crippen LogP contribution in [0.5, 0.6) is 5.75 Å². The maximum atomic E-state index is 12.5. The van der Waals surface area contributed by atoms with Crippen LogP contribution < -0.4 is 15.4 Å². The van der Waals surface area contributed by atoms with E-state index in [9.17, 15) is 4.79 Å². The van der Waals surface area contributed by atoms with Gasteiger partial charge in [0.25, 0.3) is 0 Å². The number of methoxy groups -OCH3 is 1. The number of ether oxygens (including phenoxy) is 1. The number of carbonyl (C=O) groups excluding carboxylic acids is 1. The first kappa shape index (κ1) is 19.3. The maximum Gasteiger partial charge on any atom is 0.238 e. The first-order valence-electron chi connectivity index (χ1n) is 9.33. The second-order valence-electron chi connectivity index (χ2n) is 6.85. The van der Waals surface area contributed by atoms with Gasteiger partial charge in [-0.05, 0) is 36.8 Å². The quantitative estimate of drug-likeness (QED) is 0.440. The van der Waals surface area contributed by atoms with E-state index in [4.69, 9.17) is 20.8 Å². The fourth-order valence-corrected chi connectivity index (χ4v) is 3.45. The predicted molar refractivity (Wildman–Crippen MR) is 117 cm³/mol. The van der Waals surface area contributed by atoms with E-state index in [1.165, 1.54) is 0 Å². The van der Waals surface area contributed by atoms with Gasteiger partial charge < -0.3 is 19.8 Å². The zero-order valence-electron chi connectivity index (χ0n) is 16.2. The van der Waals surface area contributed by atoms with Crippen molar-refractivity contribution in [2.24, 2.45) is 0 Å². The molecule has 1 atom stereocenters. The van der Waals surface area contributed by atoms with E-state index in [2.05, 4.69) is 10.6 Å². The molecule has 1 aromatic heterocycles. The minimum Gasteiger partial charge on any atom is -0.495 e. The first-order valence-corrected chi connectivity index (χ1v) is 9.71. The Bertz CT molecular complexity index is 1170. The van der Waals surface area contributed by atoms with Crippen LogP contribution in [0.3, 0.4) is 0 Å². The normalized spacial score (nSPS) is 12.2. The predicted octanol–water partition coefficient (Wildman–Crippen LogP) is 5.54. The summed E-state index contributed by atoms with van der Waals surface area (Å²) in [5, 5.41) is 8.77. The highest BCUT2D eigenvalue weighted by molar-refractivity contribution is 6.30. The number of anilines is 1. The van der Waals surface area contributed by atoms with Gasteiger partial charge >= 0.3 is 0 Å². The zero-order valence-corrected chi connectivity index (χ0v) is 16.9. The van der Waals surface area contributed by atoms with Gasteiger partial charge in [-0.15, -0.1) is 0 Å². The fraction of sp³-hybridized carbons (Fsp3) is 0.174. The van der Waals surface area contributed by atoms with Gasteiger partial charge in [0.05, 0.1) is 19.3 Å². The number of fused-ring (bicyclic) bond motifs is 3. The SMILES string of the molecule is COc1cc2c(cc1NC(=O)CN[C@@H](C)c1ccc(Cl)cc1)oc1ccccc12. The molecular formula is C23H21ClN2O3. The molecule has 4 aromatic rings. The number of hydrogen-bond acceptors (Lipinski definition) is 4. The Morgan fingerprint density at radius 2 is 1.83 bits per heavy atom. The second kappa shape index (κ2) is 8.15. The zero-order chi connectivity index (χ0) is 20.4. The molecule has 1 amide bonds. The lowest BCUT2D eigenvalue weighted by molar-refractivity contribution is -0.115. The van der Waals surface area contributed by atoms with E-state index in [1.807, 2.05) is 61.5 Å². The molecule has 2 N–H and O–H groups in total. The number of carbonyl (C=O) groups is 1. The fourth-order valence-electron chi connectivity index (χ4n) is 3.33. The Balaban J connectivity index is 1.49. The van der Waals surface area contributed by atoms with Gasteiger partial charge in [0, 0.05) is 27.9 Å². The molecule has 0 radical (unpaired) electrons. The van der Waals surface area contributed by atoms with Crippen molar-refractivity contribution in [2.75, 3.05) is 19.0 Å². The summed E-state index contributed by atoms with van der Waals surface area (Å²) in [5.74, 6) is 0.419. The number of halogens is 1. The summed E-state index contributed by atoms with van der Waals surface area (Å²) in [6, 6.07) is 19.1. The summed E-state index contributed by atoms with van der Waals surface area (Å²) in [6.45, 7) is 2.16. The van der Waals surface area contributed by atoms with Crippen LogP contribution in [0.2, 0.25) is 5.02 Å². The topological polar surface area (TPSA) is 63.5 Å². The van der Waals surface area contributed by atoms with Crippen LogP contribution in [-0.2, 0) is 4.79 Å². The number of furan rings is 1. The highest BCUT2D eigenvalue weighted by Crippen LogP contribution is 2.36. The Hall–Kier alpha value is -3.02. The third-order valence-electron chi connectivity index (χ3n) is 4.91. The van der Waals surface area contributed by atoms with Gasteiger partial charge in [-0.3, -0.25) is 4.79 Å². The van der Waals surface area contributed by atoms with E-state index in [0.29, 0.717) is 22.0 Å². The van der Waals surface area contributed by atoms with Gasteiger partial charge in [0.2, 0.25) is 5.91 Å². The molecule has 0 aliphatic heterocycles. The van der Waals surface area contributed by atoms with Crippen LogP contribution in [0, 0.1) is 0 Å². The molecule has 0 unspecified atom stereocenters. The number of hydrogen-bond donors (Lipinski definition) is 2. The number of rotatable bonds is 6. The lowest BCUT2D eigenvalue weighted by Gasteiger charge is -2.15. The molecule has 0 fully saturated rings. The molecule has 0 aliphatic rings. The summed E-state index contributed by atoms with van der Waals surface area (Å²) >= 11 is 5.93. The molecule has 5 nitrogen and oxygen atoms in total. The summed E-state index contributed by atoms with van der Waals surface area (Å²) in [7, 11) is 1.58. The Morgan fingerprint density at radius 1 is 1.07 bits per heavy atom. The van der Waals surface area contributed by atoms with Gasteiger partial charge in [0.15, 0.2) is 0 Å². The molecule has 6 heteroatoms. The second-order valence-corrected chi connectivity index (χ2v) is 7.29. The third kappa shape index (κ3) is 4.06. The highest BCUT2D eigenvalue weighted by Gasteiger charge is 2.15. The molecule has 29 heavy (non-hydrogen) atoms. The number of benzene rings is 3. The molecule has 0 bridgehead atoms. The number of para-hydroxylation sites is 1. The van der Waals surface area contributed by atoms with E-state index < -0.39 is 0 Å². The van der Waals surface area contributed by atoms with Crippen LogP contribution in [-0.4, -0.2) is 19.6 Å². The van der Waals surface area contributed by atoms with Crippen molar-refractivity contribution in [2.45, 2.75) is 13.0 Å². The van der Waals surface area contributed by atoms with Crippen LogP contribution in [0.4, 0.5) is 5.69 Å². The van der Waals surface area contributed by atoms with Crippen molar-refractivity contribution >= 4 is 45.1 Å². The molecule has 4 rings (SSSR count). The molecule has 0 saturated heterocycles. The average molecular weight is 409 g/mol. The van der Waals surface area contributed by atoms with Crippen molar-refractivity contribution in [1.29, 1.82) is 0 Å². The molecule has 3 aromatic carbocycles. The standard InChI is InChI=1S/C23H21ClN2O3/c1-14(15-7-9-16(24)10-8-15)25-13-23(27)26-19-12-21-18(11-22(19)28-2)17-5-3-4-6-20(17)29-21/h3-12,14,25H,13H2,1-2H3,(H,26,27)/t14-/m0/s1. The number of nitrogens with one attached hydrogen (secondary N) is 2. The third-order valence-corrected chi connectivity index (χ3v) is 5.16. The average Bonchev–Trinajstić information content (AvgIpc) is 3.09. The Kier molecular flexibility index (Phi) is 5.43. The van der Waals surface area contributed by atoms with Crippen LogP contribution in [0.15, 0.2) is 65.1 Å². The van der Waals surface area contributed by atoms with Crippen molar-refractivity contribution in [3.63, 3.8) is 0 Å². The van der Waals surface area contributed by atoms with E-state index >= 15 is 0 Å². The monoisotopic (exact) mass is 408 g/mol. The van der Waals surface area contributed by atoms with E-state index in [0.717, 1.165) is 21.9 Å². The van der Waals surface area contributed by atoms with Crippen LogP contribution in [0.25, 0.3) is 21.9 Å². The van der Waals surface area contributed by atoms with Gasteiger partial charge in [-0.2, -0.15) is 0 Å². The largest absolute Gasteiger partial charge is 0.495 e. The van der Waals surface area contributed by atoms with Crippen molar-refractivity contribution < 1.29 is 13.9 Å². The summed E-state index contributed by atoms with van der Waals surface area (Å²) < 4.78 is 11.4. The van der Waals surface area contributed by atoms with Crippen LogP contribution >= 0.6 is 11.6 Å². The molecule has 0 aliphatic carbocycles. The summed E-state index contributed by atoms with van der Waals surface area (Å²) in [4.78, 5) is 12.5. The van der Waals surface area contributed by atoms with Crippen molar-refractivity contribution in [3.05, 3.63) is 71.2 Å². The maximum absolute atomic E-state index is 12.5. The van der Waals surface area contributed by atoms with Gasteiger partial charge in [0.1, 0.15) is 16.9 Å². The Labute approximate surface area is 173 Å². The van der Waals surface area contributed by atoms with Gasteiger partial charge in [-0.25, -0.2) is 0 Å². The summed E-state index contributed by atoms with van der Waals surface area (Å²) in [5.41, 5.74) is 3.13. The summed E-state index contributed by atoms with van der Waals surface area (Å²) in [6.07, 6.45) is 0. The highest BCUT2D eigenvalue weighted by atomic mass is 35.5. The minimum atomic E-state index is -0.167. The van der Waals surface area contributed by atoms with Crippen molar-refractivity contribution in [3.8, 4) is 5.75 Å². The minimum absolute atomic E-state index is 0.0118. The van der Waals surface area contributed by atoms with E-state index in [-0.39, 0.29) is 18.5 Å². The molecular weight excluding hydrogens is 388 g/mol. The number of amides is 1. The smallest absolute Gasteiger partial charge is 0.238 e. The first-order chi connectivity index (χ1) is 14.0. The lowest BCUT2D eigenvalue weighted by atomic mass is 10.1.